The minimum Gasteiger partial charge on any atom is -0.504 e. The van der Waals surface area contributed by atoms with Crippen molar-refractivity contribution in [1.82, 2.24) is 0 Å². The van der Waals surface area contributed by atoms with Crippen LogP contribution in [0.4, 0.5) is 0 Å². The first-order valence-electron chi connectivity index (χ1n) is 19.8. The predicted molar refractivity (Wildman–Crippen MR) is 243 cm³/mol. The van der Waals surface area contributed by atoms with Gasteiger partial charge in [-0.05, 0) is 29.1 Å². The molecule has 70 heavy (non-hydrogen) atoms. The van der Waals surface area contributed by atoms with Crippen LogP contribution in [0.25, 0.3) is 98.8 Å². The van der Waals surface area contributed by atoms with Crippen molar-refractivity contribution in [2.24, 2.45) is 0 Å². The molecule has 22 heteroatoms. The van der Waals surface area contributed by atoms with Crippen molar-refractivity contribution in [1.29, 1.82) is 0 Å². The Bertz CT molecular complexity index is 3940. The van der Waals surface area contributed by atoms with E-state index in [1.165, 1.54) is 18.2 Å². The van der Waals surface area contributed by atoms with E-state index in [-0.39, 0.29) is 11.1 Å². The molecular weight excluding hydrogens is 929 g/mol. The Hall–Kier alpha value is -10.6. The summed E-state index contributed by atoms with van der Waals surface area (Å²) in [7, 11) is 0. The maximum absolute atomic E-state index is 12.1. The van der Waals surface area contributed by atoms with E-state index < -0.39 is 181 Å². The van der Waals surface area contributed by atoms with Gasteiger partial charge in [0, 0.05) is 65.5 Å². The number of hydrogen-bond donors (Lipinski definition) is 21. The van der Waals surface area contributed by atoms with Gasteiger partial charge in [-0.2, -0.15) is 0 Å². The lowest BCUT2D eigenvalue weighted by atomic mass is 9.78. The standard InChI is InChI=1S/C48H30O22/c49-27-19-16(11-6-8-15-14(9-11)13-7-5-10-3-1-2-4-12(10)48(13)70-15)20-23(31(53)41(63)39(61)28(20)50)17(22(19)30(52)40(62)38(27)60)21-18(25-33(55)42(64)46(68)43(65)34(25)56)24(32(54)37(59)29(21)51)26-35(57)44(66)47(69)45(67)36(26)58/h1-9,49-69H. The molecule has 22 nitrogen and oxygen atoms in total. The number of benzene rings is 9. The van der Waals surface area contributed by atoms with Crippen LogP contribution in [0.1, 0.15) is 0 Å². The zero-order valence-corrected chi connectivity index (χ0v) is 34.5. The molecule has 0 fully saturated rings. The number of phenols is 21. The van der Waals surface area contributed by atoms with E-state index in [0.717, 1.165) is 5.39 Å². The molecule has 0 aliphatic rings. The van der Waals surface area contributed by atoms with Crippen LogP contribution in [0, 0.1) is 0 Å². The van der Waals surface area contributed by atoms with E-state index in [4.69, 9.17) is 4.42 Å². The number of hydrogen-bond acceptors (Lipinski definition) is 22. The average molecular weight is 959 g/mol. The summed E-state index contributed by atoms with van der Waals surface area (Å²) in [4.78, 5) is 0. The third kappa shape index (κ3) is 5.25. The summed E-state index contributed by atoms with van der Waals surface area (Å²) < 4.78 is 6.21. The molecule has 10 aromatic rings. The van der Waals surface area contributed by atoms with Crippen molar-refractivity contribution in [3.63, 3.8) is 0 Å². The summed E-state index contributed by atoms with van der Waals surface area (Å²) in [5.41, 5.74) is -9.04. The number of aromatic hydroxyl groups is 21. The maximum atomic E-state index is 12.1. The molecule has 354 valence electrons. The average Bonchev–Trinajstić information content (AvgIpc) is 3.74. The van der Waals surface area contributed by atoms with Crippen molar-refractivity contribution in [3.05, 3.63) is 54.6 Å². The molecule has 0 bridgehead atoms. The van der Waals surface area contributed by atoms with Crippen molar-refractivity contribution < 1.29 is 112 Å². The topological polar surface area (TPSA) is 438 Å². The first kappa shape index (κ1) is 43.3. The zero-order chi connectivity index (χ0) is 50.6. The Morgan fingerprint density at radius 3 is 1.07 bits per heavy atom. The Balaban J connectivity index is 1.53. The van der Waals surface area contributed by atoms with Crippen LogP contribution in [0.5, 0.6) is 121 Å². The monoisotopic (exact) mass is 958 g/mol. The van der Waals surface area contributed by atoms with Gasteiger partial charge in [0.05, 0.1) is 11.1 Å². The van der Waals surface area contributed by atoms with Crippen molar-refractivity contribution in [2.45, 2.75) is 0 Å². The molecule has 21 N–H and O–H groups in total. The molecule has 0 amide bonds. The first-order valence-corrected chi connectivity index (χ1v) is 19.8. The van der Waals surface area contributed by atoms with Gasteiger partial charge in [0.1, 0.15) is 11.2 Å². The second kappa shape index (κ2) is 14.2. The summed E-state index contributed by atoms with van der Waals surface area (Å²) in [6.07, 6.45) is 0. The quantitative estimate of drug-likeness (QED) is 0.0460. The lowest BCUT2D eigenvalue weighted by Gasteiger charge is -2.27. The van der Waals surface area contributed by atoms with Gasteiger partial charge >= 0.3 is 0 Å². The third-order valence-corrected chi connectivity index (χ3v) is 12.4. The van der Waals surface area contributed by atoms with Crippen molar-refractivity contribution in [2.75, 3.05) is 0 Å². The molecule has 1 heterocycles. The Labute approximate surface area is 385 Å². The fourth-order valence-corrected chi connectivity index (χ4v) is 9.11. The van der Waals surface area contributed by atoms with Crippen LogP contribution in [-0.2, 0) is 0 Å². The molecule has 1 aromatic heterocycles. The van der Waals surface area contributed by atoms with Crippen LogP contribution in [-0.4, -0.2) is 107 Å². The van der Waals surface area contributed by atoms with Crippen LogP contribution in [0.2, 0.25) is 0 Å². The van der Waals surface area contributed by atoms with E-state index >= 15 is 0 Å². The SMILES string of the molecule is Oc1c(O)c(O)c(-c2c(O)c(O)c(O)c(-c3c4c(O)c(O)c(O)c(O)c4c(-c4ccc5oc6c7ccccc7ccc6c5c4)c4c(O)c(O)c(O)c(O)c34)c2-c2c(O)c(O)c(O)c(O)c2O)c(O)c1O. The first-order chi connectivity index (χ1) is 33.0. The van der Waals surface area contributed by atoms with Gasteiger partial charge in [-0.15, -0.1) is 0 Å². The second-order valence-corrected chi connectivity index (χ2v) is 15.9. The van der Waals surface area contributed by atoms with E-state index in [1.54, 1.807) is 30.3 Å². The van der Waals surface area contributed by atoms with E-state index in [0.29, 0.717) is 21.7 Å². The highest BCUT2D eigenvalue weighted by Crippen LogP contribution is 2.69. The molecule has 0 aliphatic heterocycles. The van der Waals surface area contributed by atoms with Crippen LogP contribution in [0.3, 0.4) is 0 Å². The number of furan rings is 1. The molecule has 0 spiro atoms. The molecular formula is C48H30O22. The van der Waals surface area contributed by atoms with Crippen molar-refractivity contribution >= 4 is 54.3 Å². The molecule has 9 aromatic carbocycles. The Morgan fingerprint density at radius 1 is 0.243 bits per heavy atom. The van der Waals surface area contributed by atoms with Gasteiger partial charge in [0.2, 0.25) is 63.2 Å². The fourth-order valence-electron chi connectivity index (χ4n) is 9.11. The predicted octanol–water partition coefficient (Wildman–Crippen LogP) is 7.53. The zero-order valence-electron chi connectivity index (χ0n) is 34.5. The highest BCUT2D eigenvalue weighted by atomic mass is 16.4. The molecule has 0 aliphatic carbocycles. The molecule has 0 atom stereocenters. The maximum Gasteiger partial charge on any atom is 0.208 e. The van der Waals surface area contributed by atoms with Gasteiger partial charge in [-0.25, -0.2) is 0 Å². The van der Waals surface area contributed by atoms with E-state index in [2.05, 4.69) is 0 Å². The number of phenolic OH excluding ortho intramolecular Hbond substituents is 21. The molecule has 0 radical (unpaired) electrons. The summed E-state index contributed by atoms with van der Waals surface area (Å²) in [6.45, 7) is 0. The van der Waals surface area contributed by atoms with Gasteiger partial charge in [-0.1, -0.05) is 36.4 Å². The minimum absolute atomic E-state index is 0.170. The Kier molecular flexibility index (Phi) is 8.76. The highest BCUT2D eigenvalue weighted by molar-refractivity contribution is 6.31. The fraction of sp³-hybridized carbons (Fsp3) is 0. The molecule has 0 saturated heterocycles. The minimum atomic E-state index is -1.82. The summed E-state index contributed by atoms with van der Waals surface area (Å²) in [5.74, 6) is -34.7. The van der Waals surface area contributed by atoms with Gasteiger partial charge in [0.15, 0.2) is 57.5 Å². The highest BCUT2D eigenvalue weighted by Gasteiger charge is 2.41. The second-order valence-electron chi connectivity index (χ2n) is 15.9. The smallest absolute Gasteiger partial charge is 0.208 e. The van der Waals surface area contributed by atoms with Crippen LogP contribution < -0.4 is 0 Å². The van der Waals surface area contributed by atoms with Crippen LogP contribution in [0.15, 0.2) is 59.0 Å². The Morgan fingerprint density at radius 2 is 0.600 bits per heavy atom. The van der Waals surface area contributed by atoms with E-state index in [1.807, 2.05) is 6.07 Å². The van der Waals surface area contributed by atoms with Crippen LogP contribution >= 0.6 is 0 Å². The largest absolute Gasteiger partial charge is 0.504 e. The van der Waals surface area contributed by atoms with E-state index in [9.17, 15) is 107 Å². The molecule has 0 saturated carbocycles. The van der Waals surface area contributed by atoms with Gasteiger partial charge in [0.25, 0.3) is 0 Å². The lowest BCUT2D eigenvalue weighted by molar-refractivity contribution is 0.329. The normalized spacial score (nSPS) is 11.8. The van der Waals surface area contributed by atoms with Gasteiger partial charge in [-0.3, -0.25) is 0 Å². The summed E-state index contributed by atoms with van der Waals surface area (Å²) in [5, 5.41) is 235. The van der Waals surface area contributed by atoms with Gasteiger partial charge < -0.3 is 112 Å². The molecule has 10 rings (SSSR count). The number of fused-ring (bicyclic) bond motifs is 7. The summed E-state index contributed by atoms with van der Waals surface area (Å²) in [6, 6.07) is 14.7. The lowest BCUT2D eigenvalue weighted by Crippen LogP contribution is -1.99. The van der Waals surface area contributed by atoms with Crippen molar-refractivity contribution in [3.8, 4) is 165 Å². The third-order valence-electron chi connectivity index (χ3n) is 12.4. The molecule has 0 unspecified atom stereocenters. The summed E-state index contributed by atoms with van der Waals surface area (Å²) >= 11 is 0. The number of rotatable bonds is 4.